The Morgan fingerprint density at radius 3 is 2.31 bits per heavy atom. The molecular formula is C29H25ClN2O3S. The van der Waals surface area contributed by atoms with Crippen molar-refractivity contribution in [2.24, 2.45) is 0 Å². The maximum absolute atomic E-state index is 13.4. The Labute approximate surface area is 219 Å². The normalized spacial score (nSPS) is 11.4. The lowest BCUT2D eigenvalue weighted by molar-refractivity contribution is -0.115. The highest BCUT2D eigenvalue weighted by Crippen LogP contribution is 2.37. The molecule has 4 aromatic carbocycles. The average Bonchev–Trinajstić information content (AvgIpc) is 2.90. The fourth-order valence-electron chi connectivity index (χ4n) is 3.54. The second-order valence-corrected chi connectivity index (χ2v) is 9.43. The van der Waals surface area contributed by atoms with Crippen LogP contribution < -0.4 is 15.4 Å². The molecule has 0 aliphatic rings. The first-order valence-electron chi connectivity index (χ1n) is 11.4. The molecule has 2 amide bonds. The maximum atomic E-state index is 13.4. The van der Waals surface area contributed by atoms with E-state index in [4.69, 9.17) is 16.3 Å². The van der Waals surface area contributed by atoms with E-state index in [0.717, 1.165) is 10.5 Å². The zero-order valence-corrected chi connectivity index (χ0v) is 21.2. The molecular weight excluding hydrogens is 492 g/mol. The van der Waals surface area contributed by atoms with E-state index in [1.807, 2.05) is 85.8 Å². The Morgan fingerprint density at radius 1 is 0.861 bits per heavy atom. The predicted octanol–water partition coefficient (Wildman–Crippen LogP) is 7.46. The van der Waals surface area contributed by atoms with Gasteiger partial charge in [-0.3, -0.25) is 9.59 Å². The topological polar surface area (TPSA) is 67.4 Å². The summed E-state index contributed by atoms with van der Waals surface area (Å²) in [6, 6.07) is 31.2. The van der Waals surface area contributed by atoms with Crippen molar-refractivity contribution in [2.45, 2.75) is 17.1 Å². The molecule has 5 nitrogen and oxygen atoms in total. The van der Waals surface area contributed by atoms with Crippen LogP contribution in [0.15, 0.2) is 108 Å². The van der Waals surface area contributed by atoms with Crippen LogP contribution >= 0.6 is 23.4 Å². The summed E-state index contributed by atoms with van der Waals surface area (Å²) >= 11 is 7.42. The van der Waals surface area contributed by atoms with E-state index in [2.05, 4.69) is 10.6 Å². The lowest BCUT2D eigenvalue weighted by Crippen LogP contribution is -2.19. The molecule has 1 atom stereocenters. The monoisotopic (exact) mass is 516 g/mol. The van der Waals surface area contributed by atoms with Crippen LogP contribution in [0.1, 0.15) is 28.1 Å². The maximum Gasteiger partial charge on any atom is 0.255 e. The Morgan fingerprint density at radius 2 is 1.58 bits per heavy atom. The summed E-state index contributed by atoms with van der Waals surface area (Å²) in [6.45, 7) is 2.41. The lowest BCUT2D eigenvalue weighted by atomic mass is 10.1. The highest BCUT2D eigenvalue weighted by atomic mass is 35.5. The predicted molar refractivity (Wildman–Crippen MR) is 147 cm³/mol. The van der Waals surface area contributed by atoms with Crippen LogP contribution in [0.4, 0.5) is 11.4 Å². The van der Waals surface area contributed by atoms with Crippen molar-refractivity contribution in [2.75, 3.05) is 17.2 Å². The van der Waals surface area contributed by atoms with Gasteiger partial charge in [0.1, 0.15) is 11.0 Å². The standard InChI is InChI=1S/C29H25ClN2O3S/c1-2-35-26-14-7-6-13-25(26)32-29(34)27(20-9-4-3-5-10-20)36-24-17-15-23(16-18-24)31-28(33)21-11-8-12-22(30)19-21/h3-19,27H,2H2,1H3,(H,31,33)(H,32,34). The van der Waals surface area contributed by atoms with Crippen LogP contribution in [0.2, 0.25) is 5.02 Å². The Balaban J connectivity index is 1.50. The molecule has 0 radical (unpaired) electrons. The number of hydrogen-bond donors (Lipinski definition) is 2. The van der Waals surface area contributed by atoms with Crippen LogP contribution in [-0.2, 0) is 4.79 Å². The molecule has 2 N–H and O–H groups in total. The number of hydrogen-bond acceptors (Lipinski definition) is 4. The summed E-state index contributed by atoms with van der Waals surface area (Å²) in [6.07, 6.45) is 0. The third-order valence-corrected chi connectivity index (χ3v) is 6.74. The van der Waals surface area contributed by atoms with Gasteiger partial charge >= 0.3 is 0 Å². The number of rotatable bonds is 9. The van der Waals surface area contributed by atoms with E-state index < -0.39 is 5.25 Å². The molecule has 4 aromatic rings. The number of ether oxygens (including phenoxy) is 1. The zero-order valence-electron chi connectivity index (χ0n) is 19.6. The van der Waals surface area contributed by atoms with Crippen molar-refractivity contribution in [3.63, 3.8) is 0 Å². The van der Waals surface area contributed by atoms with Crippen molar-refractivity contribution < 1.29 is 14.3 Å². The Kier molecular flexibility index (Phi) is 8.66. The molecule has 182 valence electrons. The van der Waals surface area contributed by atoms with Gasteiger partial charge in [-0.25, -0.2) is 0 Å². The van der Waals surface area contributed by atoms with E-state index in [9.17, 15) is 9.59 Å². The van der Waals surface area contributed by atoms with Gasteiger partial charge < -0.3 is 15.4 Å². The first-order chi connectivity index (χ1) is 17.5. The van der Waals surface area contributed by atoms with Gasteiger partial charge in [-0.2, -0.15) is 0 Å². The summed E-state index contributed by atoms with van der Waals surface area (Å²) in [7, 11) is 0. The number of amides is 2. The largest absolute Gasteiger partial charge is 0.492 e. The van der Waals surface area contributed by atoms with Crippen LogP contribution in [0.5, 0.6) is 5.75 Å². The van der Waals surface area contributed by atoms with Crippen molar-refractivity contribution in [1.29, 1.82) is 0 Å². The summed E-state index contributed by atoms with van der Waals surface area (Å²) in [5.41, 5.74) is 2.64. The minimum absolute atomic E-state index is 0.156. The SMILES string of the molecule is CCOc1ccccc1NC(=O)C(Sc1ccc(NC(=O)c2cccc(Cl)c2)cc1)c1ccccc1. The molecule has 0 aromatic heterocycles. The van der Waals surface area contributed by atoms with Gasteiger partial charge in [0.15, 0.2) is 0 Å². The fraction of sp³-hybridized carbons (Fsp3) is 0.103. The van der Waals surface area contributed by atoms with Crippen molar-refractivity contribution in [1.82, 2.24) is 0 Å². The number of thioether (sulfide) groups is 1. The lowest BCUT2D eigenvalue weighted by Gasteiger charge is -2.19. The first kappa shape index (κ1) is 25.4. The molecule has 0 heterocycles. The van der Waals surface area contributed by atoms with Gasteiger partial charge in [-0.15, -0.1) is 11.8 Å². The molecule has 0 spiro atoms. The van der Waals surface area contributed by atoms with E-state index >= 15 is 0 Å². The highest BCUT2D eigenvalue weighted by molar-refractivity contribution is 8.00. The number of halogens is 1. The minimum Gasteiger partial charge on any atom is -0.492 e. The van der Waals surface area contributed by atoms with Crippen LogP contribution in [-0.4, -0.2) is 18.4 Å². The van der Waals surface area contributed by atoms with E-state index in [-0.39, 0.29) is 11.8 Å². The summed E-state index contributed by atoms with van der Waals surface area (Å²) in [4.78, 5) is 26.8. The number of benzene rings is 4. The molecule has 0 fully saturated rings. The average molecular weight is 517 g/mol. The number of para-hydroxylation sites is 2. The first-order valence-corrected chi connectivity index (χ1v) is 12.7. The smallest absolute Gasteiger partial charge is 0.255 e. The molecule has 0 saturated carbocycles. The van der Waals surface area contributed by atoms with Crippen molar-refractivity contribution in [3.05, 3.63) is 119 Å². The minimum atomic E-state index is -0.493. The number of carbonyl (C=O) groups excluding carboxylic acids is 2. The number of anilines is 2. The van der Waals surface area contributed by atoms with Gasteiger partial charge in [-0.05, 0) is 67.1 Å². The van der Waals surface area contributed by atoms with Gasteiger partial charge in [0.2, 0.25) is 5.91 Å². The van der Waals surface area contributed by atoms with Crippen LogP contribution in [0.3, 0.4) is 0 Å². The van der Waals surface area contributed by atoms with Gasteiger partial charge in [0.25, 0.3) is 5.91 Å². The summed E-state index contributed by atoms with van der Waals surface area (Å²) < 4.78 is 5.66. The van der Waals surface area contributed by atoms with Crippen LogP contribution in [0.25, 0.3) is 0 Å². The molecule has 1 unspecified atom stereocenters. The zero-order chi connectivity index (χ0) is 25.3. The molecule has 0 aliphatic heterocycles. The molecule has 36 heavy (non-hydrogen) atoms. The fourth-order valence-corrected chi connectivity index (χ4v) is 4.75. The summed E-state index contributed by atoms with van der Waals surface area (Å²) in [5, 5.41) is 5.90. The summed E-state index contributed by atoms with van der Waals surface area (Å²) in [5.74, 6) is 0.231. The van der Waals surface area contributed by atoms with E-state index in [0.29, 0.717) is 34.3 Å². The second-order valence-electron chi connectivity index (χ2n) is 7.82. The Bertz CT molecular complexity index is 1330. The number of nitrogens with one attached hydrogen (secondary N) is 2. The molecule has 0 aliphatic carbocycles. The highest BCUT2D eigenvalue weighted by Gasteiger charge is 2.23. The number of carbonyl (C=O) groups is 2. The van der Waals surface area contributed by atoms with E-state index in [1.165, 1.54) is 11.8 Å². The molecule has 0 bridgehead atoms. The quantitative estimate of drug-likeness (QED) is 0.226. The van der Waals surface area contributed by atoms with E-state index in [1.54, 1.807) is 24.3 Å². The van der Waals surface area contributed by atoms with Gasteiger partial charge in [0, 0.05) is 21.2 Å². The third-order valence-electron chi connectivity index (χ3n) is 5.24. The third kappa shape index (κ3) is 6.68. The van der Waals surface area contributed by atoms with Crippen molar-refractivity contribution >= 4 is 46.6 Å². The van der Waals surface area contributed by atoms with Crippen molar-refractivity contribution in [3.8, 4) is 5.75 Å². The Hall–Kier alpha value is -3.74. The van der Waals surface area contributed by atoms with Gasteiger partial charge in [0.05, 0.1) is 12.3 Å². The molecule has 7 heteroatoms. The van der Waals surface area contributed by atoms with Crippen LogP contribution in [0, 0.1) is 0 Å². The molecule has 0 saturated heterocycles. The second kappa shape index (κ2) is 12.3. The van der Waals surface area contributed by atoms with Gasteiger partial charge in [-0.1, -0.05) is 60.1 Å². The molecule has 4 rings (SSSR count).